The molecule has 6 N–H and O–H groups in total. The number of amides is 2. The normalized spacial score (nSPS) is 12.4. The first-order valence-corrected chi connectivity index (χ1v) is 7.07. The molecule has 0 fully saturated rings. The van der Waals surface area contributed by atoms with Gasteiger partial charge in [0.1, 0.15) is 0 Å². The number of anilines is 2. The Kier molecular flexibility index (Phi) is 5.62. The lowest BCUT2D eigenvalue weighted by atomic mass is 10.1. The summed E-state index contributed by atoms with van der Waals surface area (Å²) < 4.78 is 5.30. The molecule has 0 bridgehead atoms. The highest BCUT2D eigenvalue weighted by Gasteiger charge is 2.18. The van der Waals surface area contributed by atoms with Gasteiger partial charge in [-0.25, -0.2) is 4.79 Å². The van der Waals surface area contributed by atoms with Crippen LogP contribution >= 0.6 is 0 Å². The number of hydrogen-bond acceptors (Lipinski definition) is 5. The average Bonchev–Trinajstić information content (AvgIpc) is 2.37. The van der Waals surface area contributed by atoms with Crippen molar-refractivity contribution in [3.8, 4) is 0 Å². The van der Waals surface area contributed by atoms with Crippen molar-refractivity contribution in [3.05, 3.63) is 23.8 Å². The highest BCUT2D eigenvalue weighted by Crippen LogP contribution is 2.21. The van der Waals surface area contributed by atoms with Gasteiger partial charge in [-0.15, -0.1) is 0 Å². The molecular formula is C15H24N4O3. The van der Waals surface area contributed by atoms with E-state index in [4.69, 9.17) is 16.2 Å². The third-order valence-corrected chi connectivity index (χ3v) is 2.75. The van der Waals surface area contributed by atoms with Crippen LogP contribution in [0.3, 0.4) is 0 Å². The Bertz CT molecular complexity index is 552. The number of hydrogen-bond donors (Lipinski definition) is 4. The Balaban J connectivity index is 2.74. The van der Waals surface area contributed by atoms with Crippen LogP contribution in [0.25, 0.3) is 0 Å². The largest absolute Gasteiger partial charge is 0.426 e. The minimum atomic E-state index is -0.550. The van der Waals surface area contributed by atoms with Crippen molar-refractivity contribution >= 4 is 23.4 Å². The summed E-state index contributed by atoms with van der Waals surface area (Å²) >= 11 is 0. The summed E-state index contributed by atoms with van der Waals surface area (Å²) in [4.78, 5) is 22.9. The lowest BCUT2D eigenvalue weighted by molar-refractivity contribution is 0.0998. The molecule has 0 aliphatic heterocycles. The van der Waals surface area contributed by atoms with E-state index in [1.165, 1.54) is 6.07 Å². The number of ether oxygens (including phenoxy) is 1. The Morgan fingerprint density at radius 3 is 2.41 bits per heavy atom. The van der Waals surface area contributed by atoms with Crippen LogP contribution in [0, 0.1) is 0 Å². The number of carbonyl (C=O) groups is 2. The first kappa shape index (κ1) is 17.6. The molecule has 1 aromatic rings. The molecule has 2 amide bonds. The Morgan fingerprint density at radius 2 is 1.95 bits per heavy atom. The van der Waals surface area contributed by atoms with Gasteiger partial charge in [0.15, 0.2) is 6.23 Å². The van der Waals surface area contributed by atoms with Gasteiger partial charge < -0.3 is 26.8 Å². The SMILES string of the molecule is CCC(Nc1ccc(C(N)=O)cc1N)OC(=O)NC(C)(C)C. The topological polar surface area (TPSA) is 119 Å². The standard InChI is InChI=1S/C15H24N4O3/c1-5-12(22-14(21)19-15(2,3)4)18-11-7-6-9(13(17)20)8-10(11)16/h6-8,12,18H,5,16H2,1-4H3,(H2,17,20)(H,19,21). The number of nitrogens with two attached hydrogens (primary N) is 2. The lowest BCUT2D eigenvalue weighted by Gasteiger charge is -2.24. The molecule has 1 unspecified atom stereocenters. The molecule has 0 spiro atoms. The quantitative estimate of drug-likeness (QED) is 0.490. The van der Waals surface area contributed by atoms with E-state index in [-0.39, 0.29) is 5.54 Å². The van der Waals surface area contributed by atoms with E-state index in [1.807, 2.05) is 27.7 Å². The molecular weight excluding hydrogens is 284 g/mol. The van der Waals surface area contributed by atoms with Crippen LogP contribution in [0.4, 0.5) is 16.2 Å². The van der Waals surface area contributed by atoms with Crippen molar-refractivity contribution in [2.45, 2.75) is 45.9 Å². The molecule has 0 aromatic heterocycles. The molecule has 7 nitrogen and oxygen atoms in total. The van der Waals surface area contributed by atoms with Gasteiger partial charge in [0.25, 0.3) is 0 Å². The Labute approximate surface area is 130 Å². The summed E-state index contributed by atoms with van der Waals surface area (Å²) in [5.41, 5.74) is 11.9. The molecule has 0 radical (unpaired) electrons. The van der Waals surface area contributed by atoms with Gasteiger partial charge in [0.2, 0.25) is 5.91 Å². The van der Waals surface area contributed by atoms with E-state index in [0.717, 1.165) is 0 Å². The maximum Gasteiger partial charge on any atom is 0.409 e. The summed E-state index contributed by atoms with van der Waals surface area (Å²) in [6, 6.07) is 4.67. The molecule has 7 heteroatoms. The Hall–Kier alpha value is -2.44. The van der Waals surface area contributed by atoms with Gasteiger partial charge in [-0.1, -0.05) is 6.92 Å². The van der Waals surface area contributed by atoms with Crippen LogP contribution < -0.4 is 22.1 Å². The van der Waals surface area contributed by atoms with Gasteiger partial charge in [0, 0.05) is 17.5 Å². The van der Waals surface area contributed by atoms with Gasteiger partial charge in [0.05, 0.1) is 11.4 Å². The average molecular weight is 308 g/mol. The molecule has 0 aliphatic rings. The third-order valence-electron chi connectivity index (χ3n) is 2.75. The highest BCUT2D eigenvalue weighted by atomic mass is 16.6. The summed E-state index contributed by atoms with van der Waals surface area (Å²) in [7, 11) is 0. The van der Waals surface area contributed by atoms with Crippen molar-refractivity contribution in [3.63, 3.8) is 0 Å². The number of benzene rings is 1. The predicted octanol–water partition coefficient (Wildman–Crippen LogP) is 2.04. The molecule has 1 aromatic carbocycles. The van der Waals surface area contributed by atoms with Gasteiger partial charge in [-0.2, -0.15) is 0 Å². The van der Waals surface area contributed by atoms with Crippen molar-refractivity contribution in [2.24, 2.45) is 5.73 Å². The number of nitrogen functional groups attached to an aromatic ring is 1. The summed E-state index contributed by atoms with van der Waals surface area (Å²) in [6.07, 6.45) is -0.502. The zero-order chi connectivity index (χ0) is 16.9. The van der Waals surface area contributed by atoms with Crippen molar-refractivity contribution in [1.29, 1.82) is 0 Å². The van der Waals surface area contributed by atoms with E-state index < -0.39 is 18.2 Å². The van der Waals surface area contributed by atoms with Crippen LogP contribution in [0.2, 0.25) is 0 Å². The number of carbonyl (C=O) groups excluding carboxylic acids is 2. The van der Waals surface area contributed by atoms with Crippen molar-refractivity contribution < 1.29 is 14.3 Å². The van der Waals surface area contributed by atoms with E-state index in [1.54, 1.807) is 12.1 Å². The highest BCUT2D eigenvalue weighted by molar-refractivity contribution is 5.94. The minimum Gasteiger partial charge on any atom is -0.426 e. The van der Waals surface area contributed by atoms with Crippen molar-refractivity contribution in [2.75, 3.05) is 11.1 Å². The molecule has 0 heterocycles. The molecule has 22 heavy (non-hydrogen) atoms. The zero-order valence-electron chi connectivity index (χ0n) is 13.4. The van der Waals surface area contributed by atoms with Gasteiger partial charge in [-0.05, 0) is 39.0 Å². The molecule has 1 rings (SSSR count). The fraction of sp³-hybridized carbons (Fsp3) is 0.467. The molecule has 0 aliphatic carbocycles. The second kappa shape index (κ2) is 7.02. The second-order valence-electron chi connectivity index (χ2n) is 5.99. The minimum absolute atomic E-state index is 0.322. The second-order valence-corrected chi connectivity index (χ2v) is 5.99. The molecule has 122 valence electrons. The number of rotatable bonds is 5. The predicted molar refractivity (Wildman–Crippen MR) is 86.4 cm³/mol. The molecule has 0 saturated heterocycles. The monoisotopic (exact) mass is 308 g/mol. The number of primary amides is 1. The summed E-state index contributed by atoms with van der Waals surface area (Å²) in [5, 5.41) is 5.73. The maximum absolute atomic E-state index is 11.8. The van der Waals surface area contributed by atoms with Crippen LogP contribution in [0.5, 0.6) is 0 Å². The van der Waals surface area contributed by atoms with Crippen LogP contribution in [-0.2, 0) is 4.74 Å². The Morgan fingerprint density at radius 1 is 1.32 bits per heavy atom. The summed E-state index contributed by atoms with van der Waals surface area (Å²) in [6.45, 7) is 7.46. The third kappa shape index (κ3) is 5.51. The number of nitrogens with one attached hydrogen (secondary N) is 2. The van der Waals surface area contributed by atoms with E-state index in [9.17, 15) is 9.59 Å². The van der Waals surface area contributed by atoms with Gasteiger partial charge >= 0.3 is 6.09 Å². The van der Waals surface area contributed by atoms with Crippen LogP contribution in [-0.4, -0.2) is 23.8 Å². The van der Waals surface area contributed by atoms with Crippen LogP contribution in [0.1, 0.15) is 44.5 Å². The van der Waals surface area contributed by atoms with E-state index >= 15 is 0 Å². The van der Waals surface area contributed by atoms with E-state index in [0.29, 0.717) is 23.4 Å². The molecule has 0 saturated carbocycles. The smallest absolute Gasteiger partial charge is 0.409 e. The van der Waals surface area contributed by atoms with Gasteiger partial charge in [-0.3, -0.25) is 4.79 Å². The molecule has 1 atom stereocenters. The first-order valence-electron chi connectivity index (χ1n) is 7.07. The zero-order valence-corrected chi connectivity index (χ0v) is 13.4. The van der Waals surface area contributed by atoms with Crippen molar-refractivity contribution in [1.82, 2.24) is 5.32 Å². The lowest BCUT2D eigenvalue weighted by Crippen LogP contribution is -2.43. The fourth-order valence-corrected chi connectivity index (χ4v) is 1.70. The number of alkyl carbamates (subject to hydrolysis) is 1. The maximum atomic E-state index is 11.8. The van der Waals surface area contributed by atoms with E-state index in [2.05, 4.69) is 10.6 Å². The summed E-state index contributed by atoms with van der Waals surface area (Å²) in [5.74, 6) is -0.550. The van der Waals surface area contributed by atoms with Crippen LogP contribution in [0.15, 0.2) is 18.2 Å². The fourth-order valence-electron chi connectivity index (χ4n) is 1.70. The first-order chi connectivity index (χ1) is 10.1.